The maximum Gasteiger partial charge on any atom is 0.243 e. The fourth-order valence-corrected chi connectivity index (χ4v) is 2.70. The third-order valence-corrected chi connectivity index (χ3v) is 3.98. The summed E-state index contributed by atoms with van der Waals surface area (Å²) >= 11 is 0. The van der Waals surface area contributed by atoms with Gasteiger partial charge in [0.05, 0.1) is 13.2 Å². The summed E-state index contributed by atoms with van der Waals surface area (Å²) < 4.78 is 58.0. The molecule has 1 aromatic carbocycles. The molecule has 0 fully saturated rings. The summed E-state index contributed by atoms with van der Waals surface area (Å²) in [6, 6.07) is 1.65. The number of benzene rings is 1. The van der Waals surface area contributed by atoms with Gasteiger partial charge in [0.2, 0.25) is 10.0 Å². The predicted octanol–water partition coefficient (Wildman–Crippen LogP) is 1.41. The van der Waals surface area contributed by atoms with E-state index in [1.165, 1.54) is 0 Å². The quantitative estimate of drug-likeness (QED) is 0.709. The van der Waals surface area contributed by atoms with Gasteiger partial charge >= 0.3 is 0 Å². The summed E-state index contributed by atoms with van der Waals surface area (Å²) in [5.41, 5.74) is -0.0228. The van der Waals surface area contributed by atoms with Crippen molar-refractivity contribution in [3.8, 4) is 0 Å². The highest BCUT2D eigenvalue weighted by Gasteiger charge is 2.22. The van der Waals surface area contributed by atoms with Crippen LogP contribution in [0.1, 0.15) is 19.4 Å². The zero-order valence-electron chi connectivity index (χ0n) is 11.9. The van der Waals surface area contributed by atoms with Crippen LogP contribution in [-0.4, -0.2) is 33.3 Å². The van der Waals surface area contributed by atoms with Gasteiger partial charge in [0.15, 0.2) is 11.6 Å². The molecular formula is C13H19F2NO4S. The standard InChI is InChI=1S/C13H19F2NO4S/c1-9(2)8-20-4-3-16-21(18,19)12-6-10(7-17)5-11(14)13(12)15/h5-6,9,16-17H,3-4,7-8H2,1-2H3. The topological polar surface area (TPSA) is 75.6 Å². The number of rotatable bonds is 8. The minimum absolute atomic E-state index is 0.0228. The summed E-state index contributed by atoms with van der Waals surface area (Å²) in [5, 5.41) is 8.92. The lowest BCUT2D eigenvalue weighted by atomic mass is 10.2. The molecule has 0 radical (unpaired) electrons. The van der Waals surface area contributed by atoms with Gasteiger partial charge in [-0.15, -0.1) is 0 Å². The highest BCUT2D eigenvalue weighted by molar-refractivity contribution is 7.89. The average molecular weight is 323 g/mol. The summed E-state index contributed by atoms with van der Waals surface area (Å²) in [6.07, 6.45) is 0. The highest BCUT2D eigenvalue weighted by atomic mass is 32.2. The molecular weight excluding hydrogens is 304 g/mol. The van der Waals surface area contributed by atoms with E-state index in [2.05, 4.69) is 4.72 Å². The van der Waals surface area contributed by atoms with Crippen molar-refractivity contribution in [1.29, 1.82) is 0 Å². The Morgan fingerprint density at radius 2 is 2.00 bits per heavy atom. The Kier molecular flexibility index (Phi) is 6.66. The number of hydrogen-bond acceptors (Lipinski definition) is 4. The van der Waals surface area contributed by atoms with Gasteiger partial charge in [-0.25, -0.2) is 21.9 Å². The first-order chi connectivity index (χ1) is 9.77. The largest absolute Gasteiger partial charge is 0.392 e. The summed E-state index contributed by atoms with van der Waals surface area (Å²) in [5.74, 6) is -2.48. The van der Waals surface area contributed by atoms with Gasteiger partial charge in [0, 0.05) is 13.2 Å². The lowest BCUT2D eigenvalue weighted by Gasteiger charge is -2.10. The zero-order valence-corrected chi connectivity index (χ0v) is 12.7. The van der Waals surface area contributed by atoms with Crippen LogP contribution in [0.2, 0.25) is 0 Å². The minimum atomic E-state index is -4.20. The maximum atomic E-state index is 13.6. The number of aliphatic hydroxyl groups excluding tert-OH is 1. The Morgan fingerprint density at radius 3 is 2.57 bits per heavy atom. The molecule has 120 valence electrons. The van der Waals surface area contributed by atoms with Crippen LogP contribution in [0.4, 0.5) is 8.78 Å². The Balaban J connectivity index is 2.76. The van der Waals surface area contributed by atoms with Gasteiger partial charge in [0.1, 0.15) is 4.90 Å². The molecule has 0 amide bonds. The van der Waals surface area contributed by atoms with E-state index < -0.39 is 33.2 Å². The van der Waals surface area contributed by atoms with Crippen LogP contribution in [0.5, 0.6) is 0 Å². The molecule has 0 spiro atoms. The molecule has 1 aromatic rings. The first-order valence-electron chi connectivity index (χ1n) is 6.44. The van der Waals surface area contributed by atoms with E-state index in [1.807, 2.05) is 13.8 Å². The van der Waals surface area contributed by atoms with Gasteiger partial charge in [-0.3, -0.25) is 0 Å². The minimum Gasteiger partial charge on any atom is -0.392 e. The second kappa shape index (κ2) is 7.79. The number of nitrogens with one attached hydrogen (secondary N) is 1. The fourth-order valence-electron chi connectivity index (χ4n) is 1.55. The Bertz CT molecular complexity index is 576. The molecule has 0 aliphatic carbocycles. The first kappa shape index (κ1) is 18.0. The van der Waals surface area contributed by atoms with Crippen molar-refractivity contribution < 1.29 is 27.0 Å². The number of halogens is 2. The Morgan fingerprint density at radius 1 is 1.33 bits per heavy atom. The molecule has 1 rings (SSSR count). The van der Waals surface area contributed by atoms with E-state index in [9.17, 15) is 17.2 Å². The fraction of sp³-hybridized carbons (Fsp3) is 0.538. The van der Waals surface area contributed by atoms with Crippen molar-refractivity contribution in [3.63, 3.8) is 0 Å². The Labute approximate surface area is 123 Å². The SMILES string of the molecule is CC(C)COCCNS(=O)(=O)c1cc(CO)cc(F)c1F. The molecule has 21 heavy (non-hydrogen) atoms. The van der Waals surface area contributed by atoms with Crippen LogP contribution in [0, 0.1) is 17.6 Å². The van der Waals surface area contributed by atoms with Gasteiger partial charge in [-0.1, -0.05) is 13.8 Å². The van der Waals surface area contributed by atoms with Crippen LogP contribution in [0.15, 0.2) is 17.0 Å². The second-order valence-electron chi connectivity index (χ2n) is 4.91. The molecule has 0 heterocycles. The van der Waals surface area contributed by atoms with E-state index in [0.717, 1.165) is 12.1 Å². The third kappa shape index (κ3) is 5.31. The van der Waals surface area contributed by atoms with Gasteiger partial charge in [0.25, 0.3) is 0 Å². The lowest BCUT2D eigenvalue weighted by molar-refractivity contribution is 0.114. The third-order valence-electron chi connectivity index (χ3n) is 2.52. The molecule has 0 bridgehead atoms. The molecule has 2 N–H and O–H groups in total. The smallest absolute Gasteiger partial charge is 0.243 e. The molecule has 0 unspecified atom stereocenters. The number of hydrogen-bond donors (Lipinski definition) is 2. The van der Waals surface area contributed by atoms with E-state index in [-0.39, 0.29) is 18.7 Å². The van der Waals surface area contributed by atoms with Crippen LogP contribution < -0.4 is 4.72 Å². The summed E-state index contributed by atoms with van der Waals surface area (Å²) in [7, 11) is -4.20. The molecule has 0 aliphatic rings. The van der Waals surface area contributed by atoms with Crippen LogP contribution in [-0.2, 0) is 21.4 Å². The number of aliphatic hydroxyl groups is 1. The molecule has 0 atom stereocenters. The normalized spacial score (nSPS) is 12.1. The van der Waals surface area contributed by atoms with Gasteiger partial charge in [-0.2, -0.15) is 0 Å². The molecule has 0 saturated carbocycles. The van der Waals surface area contributed by atoms with Crippen LogP contribution in [0.3, 0.4) is 0 Å². The maximum absolute atomic E-state index is 13.6. The van der Waals surface area contributed by atoms with E-state index in [0.29, 0.717) is 12.5 Å². The van der Waals surface area contributed by atoms with Crippen molar-refractivity contribution in [3.05, 3.63) is 29.3 Å². The molecule has 5 nitrogen and oxygen atoms in total. The zero-order chi connectivity index (χ0) is 16.0. The van der Waals surface area contributed by atoms with Crippen LogP contribution >= 0.6 is 0 Å². The van der Waals surface area contributed by atoms with Gasteiger partial charge in [-0.05, 0) is 23.6 Å². The second-order valence-corrected chi connectivity index (χ2v) is 6.65. The number of ether oxygens (including phenoxy) is 1. The van der Waals surface area contributed by atoms with Crippen molar-refractivity contribution in [2.24, 2.45) is 5.92 Å². The van der Waals surface area contributed by atoms with Crippen molar-refractivity contribution in [1.82, 2.24) is 4.72 Å². The molecule has 0 saturated heterocycles. The van der Waals surface area contributed by atoms with E-state index >= 15 is 0 Å². The van der Waals surface area contributed by atoms with Gasteiger partial charge < -0.3 is 9.84 Å². The molecule has 0 aliphatic heterocycles. The number of sulfonamides is 1. The summed E-state index contributed by atoms with van der Waals surface area (Å²) in [4.78, 5) is -0.824. The Hall–Kier alpha value is -1.09. The van der Waals surface area contributed by atoms with E-state index in [1.54, 1.807) is 0 Å². The summed E-state index contributed by atoms with van der Waals surface area (Å²) in [6.45, 7) is 3.86. The molecule has 0 aromatic heterocycles. The van der Waals surface area contributed by atoms with Crippen LogP contribution in [0.25, 0.3) is 0 Å². The molecule has 8 heteroatoms. The first-order valence-corrected chi connectivity index (χ1v) is 7.92. The van der Waals surface area contributed by atoms with Crippen molar-refractivity contribution >= 4 is 10.0 Å². The lowest BCUT2D eigenvalue weighted by Crippen LogP contribution is -2.29. The average Bonchev–Trinajstić information content (AvgIpc) is 2.40. The van der Waals surface area contributed by atoms with Crippen molar-refractivity contribution in [2.45, 2.75) is 25.3 Å². The predicted molar refractivity (Wildman–Crippen MR) is 73.1 cm³/mol. The monoisotopic (exact) mass is 323 g/mol. The van der Waals surface area contributed by atoms with E-state index in [4.69, 9.17) is 9.84 Å². The van der Waals surface area contributed by atoms with Crippen molar-refractivity contribution in [2.75, 3.05) is 19.8 Å². The highest BCUT2D eigenvalue weighted by Crippen LogP contribution is 2.19.